The van der Waals surface area contributed by atoms with Gasteiger partial charge in [-0.05, 0) is 40.3 Å². The van der Waals surface area contributed by atoms with Crippen molar-refractivity contribution in [3.63, 3.8) is 0 Å². The molecule has 0 unspecified atom stereocenters. The zero-order valence-electron chi connectivity index (χ0n) is 13.1. The molecule has 2 aliphatic rings. The summed E-state index contributed by atoms with van der Waals surface area (Å²) in [6.45, 7) is -0.401. The van der Waals surface area contributed by atoms with Crippen molar-refractivity contribution in [2.45, 2.75) is 6.42 Å². The van der Waals surface area contributed by atoms with Crippen LogP contribution in [0.25, 0.3) is 17.2 Å². The van der Waals surface area contributed by atoms with Gasteiger partial charge in [-0.1, -0.05) is 66.4 Å². The maximum Gasteiger partial charge on any atom is 0.323 e. The Morgan fingerprint density at radius 3 is 2.76 bits per heavy atom. The predicted octanol–water partition coefficient (Wildman–Crippen LogP) is 3.54. The Kier molecular flexibility index (Phi) is 3.94. The lowest BCUT2D eigenvalue weighted by molar-refractivity contribution is -0.140. The molecule has 2 aromatic carbocycles. The van der Waals surface area contributed by atoms with Crippen LogP contribution in [0.15, 0.2) is 47.4 Å². The number of carboxylic acid groups (broad SMARTS) is 1. The lowest BCUT2D eigenvalue weighted by Gasteiger charge is -2.10. The molecule has 0 atom stereocenters. The molecule has 0 bridgehead atoms. The number of benzene rings is 2. The number of hydrogen-bond donors (Lipinski definition) is 1. The second-order valence-electron chi connectivity index (χ2n) is 5.91. The topological polar surface area (TPSA) is 57.6 Å². The Balaban J connectivity index is 1.63. The summed E-state index contributed by atoms with van der Waals surface area (Å²) in [4.78, 5) is 24.8. The minimum Gasteiger partial charge on any atom is -0.480 e. The fourth-order valence-corrected chi connectivity index (χ4v) is 4.43. The second kappa shape index (κ2) is 6.13. The molecule has 0 aromatic heterocycles. The van der Waals surface area contributed by atoms with Crippen molar-refractivity contribution < 1.29 is 14.7 Å². The Hall–Kier alpha value is -2.44. The number of carboxylic acids is 1. The fourth-order valence-electron chi connectivity index (χ4n) is 3.18. The van der Waals surface area contributed by atoms with Crippen LogP contribution in [0.1, 0.15) is 16.7 Å². The molecule has 2 aromatic rings. The van der Waals surface area contributed by atoms with Crippen LogP contribution in [0.3, 0.4) is 0 Å². The van der Waals surface area contributed by atoms with Crippen molar-refractivity contribution in [2.24, 2.45) is 0 Å². The van der Waals surface area contributed by atoms with Crippen LogP contribution in [0, 0.1) is 0 Å². The Morgan fingerprint density at radius 1 is 1.20 bits per heavy atom. The number of thiocarbonyl (C=S) groups is 1. The predicted molar refractivity (Wildman–Crippen MR) is 102 cm³/mol. The first-order valence-corrected chi connectivity index (χ1v) is 8.94. The van der Waals surface area contributed by atoms with E-state index in [0.717, 1.165) is 28.6 Å². The van der Waals surface area contributed by atoms with E-state index in [9.17, 15) is 9.59 Å². The van der Waals surface area contributed by atoms with Crippen LogP contribution in [-0.4, -0.2) is 32.7 Å². The molecule has 124 valence electrons. The average Bonchev–Trinajstić information content (AvgIpc) is 3.07. The molecular formula is C19H13NO3S2. The third kappa shape index (κ3) is 2.88. The van der Waals surface area contributed by atoms with E-state index >= 15 is 0 Å². The monoisotopic (exact) mass is 367 g/mol. The highest BCUT2D eigenvalue weighted by Gasteiger charge is 2.33. The van der Waals surface area contributed by atoms with Crippen LogP contribution < -0.4 is 0 Å². The van der Waals surface area contributed by atoms with E-state index in [0.29, 0.717) is 4.91 Å². The molecule has 1 N–H and O–H groups in total. The molecule has 0 spiro atoms. The van der Waals surface area contributed by atoms with Crippen LogP contribution >= 0.6 is 24.0 Å². The third-order valence-corrected chi connectivity index (χ3v) is 5.66. The highest BCUT2D eigenvalue weighted by Crippen LogP contribution is 2.38. The summed E-state index contributed by atoms with van der Waals surface area (Å²) in [7, 11) is 0. The van der Waals surface area contributed by atoms with Gasteiger partial charge in [0, 0.05) is 0 Å². The van der Waals surface area contributed by atoms with Crippen LogP contribution in [0.5, 0.6) is 0 Å². The highest BCUT2D eigenvalue weighted by molar-refractivity contribution is 8.26. The van der Waals surface area contributed by atoms with Crippen molar-refractivity contribution in [1.29, 1.82) is 0 Å². The lowest BCUT2D eigenvalue weighted by atomic mass is 10.0. The van der Waals surface area contributed by atoms with Crippen molar-refractivity contribution in [2.75, 3.05) is 6.54 Å². The van der Waals surface area contributed by atoms with Crippen LogP contribution in [0.2, 0.25) is 0 Å². The third-order valence-electron chi connectivity index (χ3n) is 4.28. The number of carbonyl (C=O) groups is 2. The van der Waals surface area contributed by atoms with Crippen LogP contribution in [0.4, 0.5) is 0 Å². The van der Waals surface area contributed by atoms with Gasteiger partial charge in [0.2, 0.25) is 0 Å². The smallest absolute Gasteiger partial charge is 0.323 e. The van der Waals surface area contributed by atoms with E-state index in [2.05, 4.69) is 24.3 Å². The molecule has 4 rings (SSSR count). The molecule has 25 heavy (non-hydrogen) atoms. The zero-order chi connectivity index (χ0) is 17.6. The Labute approximate surface area is 154 Å². The number of rotatable bonds is 3. The second-order valence-corrected chi connectivity index (χ2v) is 7.59. The SMILES string of the molecule is O=C(O)CN1C(=O)/C(=C/c2ccc3c(c2)Cc2ccccc2-3)SC1=S. The molecule has 4 nitrogen and oxygen atoms in total. The van der Waals surface area contributed by atoms with Gasteiger partial charge in [0.05, 0.1) is 4.91 Å². The van der Waals surface area contributed by atoms with Gasteiger partial charge in [0.1, 0.15) is 10.9 Å². The van der Waals surface area contributed by atoms with Gasteiger partial charge in [-0.15, -0.1) is 0 Å². The van der Waals surface area contributed by atoms with Gasteiger partial charge in [0.25, 0.3) is 5.91 Å². The molecule has 0 saturated carbocycles. The lowest BCUT2D eigenvalue weighted by Crippen LogP contribution is -2.33. The van der Waals surface area contributed by atoms with E-state index in [-0.39, 0.29) is 10.2 Å². The zero-order valence-corrected chi connectivity index (χ0v) is 14.7. The number of fused-ring (bicyclic) bond motifs is 3. The standard InChI is InChI=1S/C19H13NO3S2/c21-17(22)10-20-18(23)16(25-19(20)24)8-11-5-6-15-13(7-11)9-12-3-1-2-4-14(12)15/h1-8H,9-10H2,(H,21,22)/b16-8-. The van der Waals surface area contributed by atoms with E-state index in [1.165, 1.54) is 22.3 Å². The van der Waals surface area contributed by atoms with Gasteiger partial charge in [0.15, 0.2) is 0 Å². The molecule has 0 radical (unpaired) electrons. The van der Waals surface area contributed by atoms with E-state index in [1.54, 1.807) is 6.08 Å². The van der Waals surface area contributed by atoms with Crippen LogP contribution in [-0.2, 0) is 16.0 Å². The summed E-state index contributed by atoms with van der Waals surface area (Å²) in [5, 5.41) is 8.89. The van der Waals surface area contributed by atoms with Gasteiger partial charge in [-0.25, -0.2) is 0 Å². The number of aliphatic carboxylic acids is 1. The highest BCUT2D eigenvalue weighted by atomic mass is 32.2. The molecule has 1 heterocycles. The molecule has 1 fully saturated rings. The summed E-state index contributed by atoms with van der Waals surface area (Å²) in [5.74, 6) is -1.42. The Bertz CT molecular complexity index is 965. The summed E-state index contributed by atoms with van der Waals surface area (Å²) in [6, 6.07) is 14.5. The van der Waals surface area contributed by atoms with Crippen molar-refractivity contribution in [3.05, 3.63) is 64.1 Å². The maximum absolute atomic E-state index is 12.4. The maximum atomic E-state index is 12.4. The molecule has 1 aliphatic heterocycles. The summed E-state index contributed by atoms with van der Waals surface area (Å²) < 4.78 is 0.284. The first-order chi connectivity index (χ1) is 12.0. The van der Waals surface area contributed by atoms with Gasteiger partial charge >= 0.3 is 5.97 Å². The quantitative estimate of drug-likeness (QED) is 0.567. The van der Waals surface area contributed by atoms with Gasteiger partial charge in [-0.3, -0.25) is 14.5 Å². The number of hydrogen-bond acceptors (Lipinski definition) is 4. The minimum atomic E-state index is -1.08. The van der Waals surface area contributed by atoms with E-state index in [4.69, 9.17) is 17.3 Å². The summed E-state index contributed by atoms with van der Waals surface area (Å²) in [5.41, 5.74) is 5.95. The van der Waals surface area contributed by atoms with Gasteiger partial charge < -0.3 is 5.11 Å². The number of carbonyl (C=O) groups excluding carboxylic acids is 1. The Morgan fingerprint density at radius 2 is 1.96 bits per heavy atom. The molecular weight excluding hydrogens is 354 g/mol. The summed E-state index contributed by atoms with van der Waals surface area (Å²) >= 11 is 6.26. The molecule has 6 heteroatoms. The van der Waals surface area contributed by atoms with Crippen molar-refractivity contribution in [3.8, 4) is 11.1 Å². The largest absolute Gasteiger partial charge is 0.480 e. The van der Waals surface area contributed by atoms with E-state index in [1.807, 2.05) is 18.2 Å². The fraction of sp³-hybridized carbons (Fsp3) is 0.105. The number of nitrogens with zero attached hydrogens (tertiary/aromatic N) is 1. The number of amides is 1. The summed E-state index contributed by atoms with van der Waals surface area (Å²) in [6.07, 6.45) is 2.66. The normalized spacial score (nSPS) is 17.1. The average molecular weight is 367 g/mol. The van der Waals surface area contributed by atoms with Crippen molar-refractivity contribution >= 4 is 46.3 Å². The van der Waals surface area contributed by atoms with Gasteiger partial charge in [-0.2, -0.15) is 0 Å². The first-order valence-electron chi connectivity index (χ1n) is 7.71. The first kappa shape index (κ1) is 16.1. The number of thioether (sulfide) groups is 1. The molecule has 1 saturated heterocycles. The minimum absolute atomic E-state index is 0.284. The van der Waals surface area contributed by atoms with Crippen molar-refractivity contribution in [1.82, 2.24) is 4.90 Å². The van der Waals surface area contributed by atoms with E-state index < -0.39 is 12.5 Å². The molecule has 1 amide bonds. The molecule has 1 aliphatic carbocycles.